The minimum atomic E-state index is -0.556. The summed E-state index contributed by atoms with van der Waals surface area (Å²) in [5, 5.41) is 0.908. The van der Waals surface area contributed by atoms with E-state index in [1.54, 1.807) is 12.1 Å². The number of likely N-dealkylation sites (tertiary alicyclic amines) is 1. The molecule has 2 aliphatic rings. The van der Waals surface area contributed by atoms with Crippen LogP contribution in [0.15, 0.2) is 65.5 Å². The normalized spacial score (nSPS) is 24.9. The Labute approximate surface area is 161 Å². The maximum absolute atomic E-state index is 13.3. The van der Waals surface area contributed by atoms with Gasteiger partial charge >= 0.3 is 0 Å². The molecule has 0 unspecified atom stereocenters. The highest BCUT2D eigenvalue weighted by atomic mass is 16.2. The van der Waals surface area contributed by atoms with Gasteiger partial charge in [0.1, 0.15) is 0 Å². The van der Waals surface area contributed by atoms with Crippen LogP contribution in [0.3, 0.4) is 0 Å². The van der Waals surface area contributed by atoms with E-state index in [0.29, 0.717) is 17.8 Å². The Morgan fingerprint density at radius 1 is 0.929 bits per heavy atom. The maximum Gasteiger partial charge on any atom is 0.253 e. The number of carbonyl (C=O) groups is 2. The van der Waals surface area contributed by atoms with E-state index in [1.165, 1.54) is 4.90 Å². The molecule has 0 saturated carbocycles. The van der Waals surface area contributed by atoms with Crippen molar-refractivity contribution in [3.63, 3.8) is 0 Å². The number of H-pyrrole nitrogens is 1. The van der Waals surface area contributed by atoms with Gasteiger partial charge in [0.25, 0.3) is 5.56 Å². The van der Waals surface area contributed by atoms with Gasteiger partial charge in [-0.3, -0.25) is 19.3 Å². The zero-order valence-electron chi connectivity index (χ0n) is 15.3. The van der Waals surface area contributed by atoms with Crippen LogP contribution in [-0.4, -0.2) is 35.3 Å². The first-order chi connectivity index (χ1) is 13.6. The first kappa shape index (κ1) is 16.9. The van der Waals surface area contributed by atoms with Crippen LogP contribution < -0.4 is 10.5 Å². The SMILES string of the molecule is CN1C[C@@H]2C(=O)N(c3ccccc3)C(=O)[C@@H]2[C@H]1c1cc2ccccc2[nH]c1=O. The molecule has 2 aromatic carbocycles. The van der Waals surface area contributed by atoms with Crippen LogP contribution in [0.5, 0.6) is 0 Å². The molecule has 3 atom stereocenters. The number of imide groups is 1. The van der Waals surface area contributed by atoms with Crippen LogP contribution in [0.25, 0.3) is 10.9 Å². The number of rotatable bonds is 2. The van der Waals surface area contributed by atoms with E-state index in [4.69, 9.17) is 0 Å². The van der Waals surface area contributed by atoms with E-state index >= 15 is 0 Å². The number of amides is 2. The summed E-state index contributed by atoms with van der Waals surface area (Å²) in [6.07, 6.45) is 0. The summed E-state index contributed by atoms with van der Waals surface area (Å²) in [5.41, 5.74) is 1.66. The fourth-order valence-electron chi connectivity index (χ4n) is 4.64. The molecule has 1 N–H and O–H groups in total. The molecule has 3 heterocycles. The molecule has 0 spiro atoms. The lowest BCUT2D eigenvalue weighted by atomic mass is 9.89. The first-order valence-corrected chi connectivity index (χ1v) is 9.31. The molecule has 2 aliphatic heterocycles. The van der Waals surface area contributed by atoms with Crippen molar-refractivity contribution >= 4 is 28.4 Å². The number of nitrogens with one attached hydrogen (secondary N) is 1. The van der Waals surface area contributed by atoms with Gasteiger partial charge in [0.05, 0.1) is 23.6 Å². The van der Waals surface area contributed by atoms with Crippen molar-refractivity contribution in [3.05, 3.63) is 76.6 Å². The highest BCUT2D eigenvalue weighted by Crippen LogP contribution is 2.46. The second-order valence-electron chi connectivity index (χ2n) is 7.51. The molecule has 6 nitrogen and oxygen atoms in total. The number of benzene rings is 2. The van der Waals surface area contributed by atoms with Crippen molar-refractivity contribution in [1.29, 1.82) is 0 Å². The number of carbonyl (C=O) groups excluding carboxylic acids is 2. The van der Waals surface area contributed by atoms with Crippen molar-refractivity contribution in [3.8, 4) is 0 Å². The standard InChI is InChI=1S/C22H19N3O3/c1-24-12-16-18(22(28)25(21(16)27)14-8-3-2-4-9-14)19(24)15-11-13-7-5-6-10-17(13)23-20(15)26/h2-11,16,18-19H,12H2,1H3,(H,23,26)/t16-,18-,19+/m0/s1. The molecule has 3 aromatic rings. The number of pyridine rings is 1. The van der Waals surface area contributed by atoms with Gasteiger partial charge in [-0.2, -0.15) is 0 Å². The molecule has 1 aromatic heterocycles. The number of aromatic nitrogens is 1. The van der Waals surface area contributed by atoms with Crippen molar-refractivity contribution in [2.75, 3.05) is 18.5 Å². The van der Waals surface area contributed by atoms with Crippen LogP contribution in [0, 0.1) is 11.8 Å². The monoisotopic (exact) mass is 373 g/mol. The lowest BCUT2D eigenvalue weighted by Crippen LogP contribution is -2.37. The van der Waals surface area contributed by atoms with Crippen LogP contribution in [0.4, 0.5) is 5.69 Å². The zero-order valence-corrected chi connectivity index (χ0v) is 15.3. The fourth-order valence-corrected chi connectivity index (χ4v) is 4.64. The van der Waals surface area contributed by atoms with Gasteiger partial charge in [0.2, 0.25) is 11.8 Å². The van der Waals surface area contributed by atoms with Crippen molar-refractivity contribution in [2.24, 2.45) is 11.8 Å². The molecule has 2 amide bonds. The van der Waals surface area contributed by atoms with E-state index in [9.17, 15) is 14.4 Å². The molecule has 0 aliphatic carbocycles. The molecule has 28 heavy (non-hydrogen) atoms. The van der Waals surface area contributed by atoms with Crippen LogP contribution >= 0.6 is 0 Å². The third-order valence-electron chi connectivity index (χ3n) is 5.89. The number of hydrogen-bond donors (Lipinski definition) is 1. The number of fused-ring (bicyclic) bond motifs is 2. The second kappa shape index (κ2) is 6.14. The Morgan fingerprint density at radius 2 is 1.64 bits per heavy atom. The summed E-state index contributed by atoms with van der Waals surface area (Å²) in [5.74, 6) is -1.41. The van der Waals surface area contributed by atoms with Crippen molar-refractivity contribution in [1.82, 2.24) is 9.88 Å². The maximum atomic E-state index is 13.3. The smallest absolute Gasteiger partial charge is 0.253 e. The molecule has 0 bridgehead atoms. The average molecular weight is 373 g/mol. The highest BCUT2D eigenvalue weighted by Gasteiger charge is 2.57. The van der Waals surface area contributed by atoms with E-state index < -0.39 is 17.9 Å². The molecule has 2 fully saturated rings. The summed E-state index contributed by atoms with van der Waals surface area (Å²) in [6, 6.07) is 18.0. The van der Waals surface area contributed by atoms with Gasteiger partial charge in [-0.1, -0.05) is 36.4 Å². The van der Waals surface area contributed by atoms with Gasteiger partial charge < -0.3 is 4.98 Å². The molecule has 5 rings (SSSR count). The third kappa shape index (κ3) is 2.34. The Morgan fingerprint density at radius 3 is 2.43 bits per heavy atom. The lowest BCUT2D eigenvalue weighted by molar-refractivity contribution is -0.123. The topological polar surface area (TPSA) is 73.5 Å². The fraction of sp³-hybridized carbons (Fsp3) is 0.227. The van der Waals surface area contributed by atoms with Gasteiger partial charge in [-0.15, -0.1) is 0 Å². The number of nitrogens with zero attached hydrogens (tertiary/aromatic N) is 2. The Balaban J connectivity index is 1.60. The van der Waals surface area contributed by atoms with E-state index in [0.717, 1.165) is 10.9 Å². The molecule has 0 radical (unpaired) electrons. The van der Waals surface area contributed by atoms with Crippen molar-refractivity contribution in [2.45, 2.75) is 6.04 Å². The van der Waals surface area contributed by atoms with Crippen molar-refractivity contribution < 1.29 is 9.59 Å². The molecule has 2 saturated heterocycles. The Bertz CT molecular complexity index is 1150. The number of aromatic amines is 1. The number of hydrogen-bond acceptors (Lipinski definition) is 4. The summed E-state index contributed by atoms with van der Waals surface area (Å²) < 4.78 is 0. The predicted octanol–water partition coefficient (Wildman–Crippen LogP) is 2.32. The largest absolute Gasteiger partial charge is 0.322 e. The summed E-state index contributed by atoms with van der Waals surface area (Å²) in [7, 11) is 1.87. The zero-order chi connectivity index (χ0) is 19.4. The molecular weight excluding hydrogens is 354 g/mol. The van der Waals surface area contributed by atoms with E-state index in [2.05, 4.69) is 4.98 Å². The lowest BCUT2D eigenvalue weighted by Gasteiger charge is -2.25. The average Bonchev–Trinajstić information content (AvgIpc) is 3.16. The number of para-hydroxylation sites is 2. The van der Waals surface area contributed by atoms with Crippen LogP contribution in [0.1, 0.15) is 11.6 Å². The van der Waals surface area contributed by atoms with Crippen LogP contribution in [-0.2, 0) is 9.59 Å². The summed E-state index contributed by atoms with van der Waals surface area (Å²) in [4.78, 5) is 45.2. The van der Waals surface area contributed by atoms with Gasteiger partial charge in [-0.25, -0.2) is 4.90 Å². The van der Waals surface area contributed by atoms with Gasteiger partial charge in [0.15, 0.2) is 0 Å². The van der Waals surface area contributed by atoms with E-state index in [-0.39, 0.29) is 17.4 Å². The Kier molecular flexibility index (Phi) is 3.70. The molecule has 140 valence electrons. The Hall–Kier alpha value is -3.25. The minimum Gasteiger partial charge on any atom is -0.322 e. The summed E-state index contributed by atoms with van der Waals surface area (Å²) in [6.45, 7) is 0.454. The number of anilines is 1. The van der Waals surface area contributed by atoms with E-state index in [1.807, 2.05) is 60.5 Å². The second-order valence-corrected chi connectivity index (χ2v) is 7.51. The molecular formula is C22H19N3O3. The quantitative estimate of drug-likeness (QED) is 0.700. The van der Waals surface area contributed by atoms with Crippen LogP contribution in [0.2, 0.25) is 0 Å². The first-order valence-electron chi connectivity index (χ1n) is 9.31. The highest BCUT2D eigenvalue weighted by molar-refractivity contribution is 6.22. The van der Waals surface area contributed by atoms with Gasteiger partial charge in [-0.05, 0) is 36.7 Å². The van der Waals surface area contributed by atoms with Gasteiger partial charge in [0, 0.05) is 17.6 Å². The third-order valence-corrected chi connectivity index (χ3v) is 5.89. The molecule has 6 heteroatoms. The minimum absolute atomic E-state index is 0.187. The summed E-state index contributed by atoms with van der Waals surface area (Å²) >= 11 is 0. The predicted molar refractivity (Wildman–Crippen MR) is 106 cm³/mol.